The third-order valence-electron chi connectivity index (χ3n) is 6.05. The average molecular weight is 483 g/mol. The molecule has 2 aromatic carbocycles. The molecule has 3 heterocycles. The minimum absolute atomic E-state index is 0.0892. The van der Waals surface area contributed by atoms with Crippen LogP contribution in [0.15, 0.2) is 53.5 Å². The first-order chi connectivity index (χ1) is 16.7. The molecule has 1 unspecified atom stereocenters. The molecule has 3 aliphatic rings. The van der Waals surface area contributed by atoms with Crippen LogP contribution in [0.2, 0.25) is 5.02 Å². The number of carbonyl (C=O) groups is 1. The van der Waals surface area contributed by atoms with E-state index in [0.29, 0.717) is 49.5 Å². The molecular weight excluding hydrogens is 456 g/mol. The van der Waals surface area contributed by atoms with Crippen LogP contribution in [-0.4, -0.2) is 55.9 Å². The molecule has 3 aliphatic heterocycles. The SMILES string of the molecule is O=C1N=C(OCC2CCCO2)CC=C2c3ccc(OCCOc4cccc(Cl)c4)cc3CCN12. The molecule has 1 fully saturated rings. The van der Waals surface area contributed by atoms with Crippen molar-refractivity contribution in [3.8, 4) is 11.5 Å². The van der Waals surface area contributed by atoms with Crippen molar-refractivity contribution in [2.75, 3.05) is 33.0 Å². The number of nitrogens with zero attached hydrogens (tertiary/aromatic N) is 2. The number of hydrogen-bond acceptors (Lipinski definition) is 5. The molecule has 2 aromatic rings. The van der Waals surface area contributed by atoms with Gasteiger partial charge in [-0.2, -0.15) is 4.99 Å². The molecular formula is C26H27ClN2O5. The Balaban J connectivity index is 1.20. The van der Waals surface area contributed by atoms with Gasteiger partial charge in [0.1, 0.15) is 31.3 Å². The highest BCUT2D eigenvalue weighted by molar-refractivity contribution is 6.30. The van der Waals surface area contributed by atoms with Crippen molar-refractivity contribution in [1.82, 2.24) is 4.90 Å². The normalized spacial score (nSPS) is 19.5. The average Bonchev–Trinajstić information content (AvgIpc) is 3.31. The van der Waals surface area contributed by atoms with E-state index in [1.54, 1.807) is 11.0 Å². The van der Waals surface area contributed by atoms with Gasteiger partial charge in [-0.05, 0) is 61.2 Å². The predicted octanol–water partition coefficient (Wildman–Crippen LogP) is 5.11. The minimum atomic E-state index is -0.282. The van der Waals surface area contributed by atoms with Crippen molar-refractivity contribution in [2.24, 2.45) is 4.99 Å². The maximum atomic E-state index is 12.8. The Morgan fingerprint density at radius 3 is 2.74 bits per heavy atom. The van der Waals surface area contributed by atoms with E-state index in [0.717, 1.165) is 48.4 Å². The number of fused-ring (bicyclic) bond motifs is 3. The van der Waals surface area contributed by atoms with E-state index in [9.17, 15) is 4.79 Å². The summed E-state index contributed by atoms with van der Waals surface area (Å²) in [5.41, 5.74) is 3.05. The van der Waals surface area contributed by atoms with Crippen LogP contribution in [0, 0.1) is 0 Å². The summed E-state index contributed by atoms with van der Waals surface area (Å²) in [7, 11) is 0. The van der Waals surface area contributed by atoms with E-state index >= 15 is 0 Å². The zero-order valence-electron chi connectivity index (χ0n) is 18.9. The summed E-state index contributed by atoms with van der Waals surface area (Å²) in [6, 6.07) is 13.0. The first-order valence-electron chi connectivity index (χ1n) is 11.6. The van der Waals surface area contributed by atoms with Gasteiger partial charge in [-0.1, -0.05) is 23.7 Å². The molecule has 0 spiro atoms. The van der Waals surface area contributed by atoms with Crippen molar-refractivity contribution in [3.63, 3.8) is 0 Å². The lowest BCUT2D eigenvalue weighted by atomic mass is 9.96. The fourth-order valence-corrected chi connectivity index (χ4v) is 4.54. The van der Waals surface area contributed by atoms with Crippen molar-refractivity contribution in [2.45, 2.75) is 31.8 Å². The van der Waals surface area contributed by atoms with Gasteiger partial charge in [-0.15, -0.1) is 0 Å². The summed E-state index contributed by atoms with van der Waals surface area (Å²) in [5, 5.41) is 0.639. The number of ether oxygens (including phenoxy) is 4. The van der Waals surface area contributed by atoms with E-state index in [-0.39, 0.29) is 12.1 Å². The topological polar surface area (TPSA) is 69.6 Å². The third-order valence-corrected chi connectivity index (χ3v) is 6.28. The molecule has 1 atom stereocenters. The molecule has 0 aliphatic carbocycles. The van der Waals surface area contributed by atoms with E-state index in [2.05, 4.69) is 4.99 Å². The number of carbonyl (C=O) groups excluding carboxylic acids is 1. The highest BCUT2D eigenvalue weighted by Crippen LogP contribution is 2.33. The van der Waals surface area contributed by atoms with Crippen LogP contribution in [-0.2, 0) is 15.9 Å². The predicted molar refractivity (Wildman–Crippen MR) is 130 cm³/mol. The molecule has 8 heteroatoms. The van der Waals surface area contributed by atoms with Gasteiger partial charge in [0.05, 0.1) is 6.10 Å². The smallest absolute Gasteiger partial charge is 0.351 e. The Kier molecular flexibility index (Phi) is 7.02. The second-order valence-corrected chi connectivity index (χ2v) is 8.84. The summed E-state index contributed by atoms with van der Waals surface area (Å²) < 4.78 is 23.0. The number of benzene rings is 2. The van der Waals surface area contributed by atoms with Crippen molar-refractivity contribution < 1.29 is 23.7 Å². The summed E-state index contributed by atoms with van der Waals surface area (Å²) in [5.74, 6) is 1.94. The number of rotatable bonds is 7. The molecule has 178 valence electrons. The van der Waals surface area contributed by atoms with Crippen molar-refractivity contribution >= 4 is 29.2 Å². The van der Waals surface area contributed by atoms with E-state index < -0.39 is 0 Å². The molecule has 7 nitrogen and oxygen atoms in total. The lowest BCUT2D eigenvalue weighted by molar-refractivity contribution is 0.0630. The second kappa shape index (κ2) is 10.5. The monoisotopic (exact) mass is 482 g/mol. The van der Waals surface area contributed by atoms with Gasteiger partial charge in [-0.3, -0.25) is 4.90 Å². The van der Waals surface area contributed by atoms with Crippen LogP contribution in [0.5, 0.6) is 11.5 Å². The van der Waals surface area contributed by atoms with Crippen LogP contribution in [0.1, 0.15) is 30.4 Å². The molecule has 0 bridgehead atoms. The summed E-state index contributed by atoms with van der Waals surface area (Å²) in [6.45, 7) is 2.61. The molecule has 0 saturated carbocycles. The fourth-order valence-electron chi connectivity index (χ4n) is 4.36. The van der Waals surface area contributed by atoms with Gasteiger partial charge in [0.15, 0.2) is 5.90 Å². The van der Waals surface area contributed by atoms with Gasteiger partial charge < -0.3 is 18.9 Å². The van der Waals surface area contributed by atoms with E-state index in [1.807, 2.05) is 42.5 Å². The quantitative estimate of drug-likeness (QED) is 0.512. The van der Waals surface area contributed by atoms with Crippen LogP contribution < -0.4 is 9.47 Å². The molecule has 2 amide bonds. The highest BCUT2D eigenvalue weighted by atomic mass is 35.5. The van der Waals surface area contributed by atoms with Crippen LogP contribution in [0.25, 0.3) is 5.70 Å². The lowest BCUT2D eigenvalue weighted by Gasteiger charge is -2.29. The van der Waals surface area contributed by atoms with E-state index in [4.69, 9.17) is 30.5 Å². The van der Waals surface area contributed by atoms with Crippen LogP contribution in [0.4, 0.5) is 4.79 Å². The fraction of sp³-hybridized carbons (Fsp3) is 0.385. The van der Waals surface area contributed by atoms with Gasteiger partial charge >= 0.3 is 6.03 Å². The van der Waals surface area contributed by atoms with Crippen LogP contribution >= 0.6 is 11.6 Å². The molecule has 1 saturated heterocycles. The van der Waals surface area contributed by atoms with Gasteiger partial charge in [-0.25, -0.2) is 4.79 Å². The van der Waals surface area contributed by atoms with Crippen molar-refractivity contribution in [3.05, 3.63) is 64.7 Å². The minimum Gasteiger partial charge on any atom is -0.490 e. The largest absolute Gasteiger partial charge is 0.490 e. The number of hydrogen-bond donors (Lipinski definition) is 0. The lowest BCUT2D eigenvalue weighted by Crippen LogP contribution is -2.32. The Bertz CT molecular complexity index is 1110. The van der Waals surface area contributed by atoms with Gasteiger partial charge in [0.25, 0.3) is 0 Å². The summed E-state index contributed by atoms with van der Waals surface area (Å²) >= 11 is 5.98. The number of amides is 2. The summed E-state index contributed by atoms with van der Waals surface area (Å²) in [4.78, 5) is 18.7. The zero-order chi connectivity index (χ0) is 23.3. The number of halogens is 1. The number of urea groups is 1. The molecule has 0 radical (unpaired) electrons. The third kappa shape index (κ3) is 5.37. The molecule has 0 N–H and O–H groups in total. The first-order valence-corrected chi connectivity index (χ1v) is 12.0. The molecule has 0 aromatic heterocycles. The summed E-state index contributed by atoms with van der Waals surface area (Å²) in [6.07, 6.45) is 5.36. The Labute approximate surface area is 203 Å². The highest BCUT2D eigenvalue weighted by Gasteiger charge is 2.29. The second-order valence-electron chi connectivity index (χ2n) is 8.40. The maximum absolute atomic E-state index is 12.8. The van der Waals surface area contributed by atoms with Gasteiger partial charge in [0, 0.05) is 35.9 Å². The maximum Gasteiger partial charge on any atom is 0.351 e. The standard InChI is InChI=1S/C26H27ClN2O5/c27-19-3-1-4-20(16-19)32-13-14-33-21-6-7-23-18(15-21)10-11-29-24(23)8-9-25(28-26(29)30)34-17-22-5-2-12-31-22/h1,3-4,6-8,15-16,22H,2,5,9-14,17H2. The Morgan fingerprint density at radius 1 is 1.09 bits per heavy atom. The zero-order valence-corrected chi connectivity index (χ0v) is 19.6. The Morgan fingerprint density at radius 2 is 1.94 bits per heavy atom. The number of aliphatic imine (C=N–C) groups is 1. The molecule has 34 heavy (non-hydrogen) atoms. The van der Waals surface area contributed by atoms with E-state index in [1.165, 1.54) is 0 Å². The molecule has 5 rings (SSSR count). The van der Waals surface area contributed by atoms with Crippen molar-refractivity contribution in [1.29, 1.82) is 0 Å². The van der Waals surface area contributed by atoms with Gasteiger partial charge in [0.2, 0.25) is 0 Å². The van der Waals surface area contributed by atoms with Crippen LogP contribution in [0.3, 0.4) is 0 Å². The Hall–Kier alpha value is -3.03. The first kappa shape index (κ1) is 22.7.